The second-order valence-electron chi connectivity index (χ2n) is 8.56. The molecule has 1 atom stereocenters. The Labute approximate surface area is 199 Å². The van der Waals surface area contributed by atoms with E-state index in [4.69, 9.17) is 16.0 Å². The fraction of sp³-hybridized carbons (Fsp3) is 0.478. The van der Waals surface area contributed by atoms with Crippen molar-refractivity contribution in [2.24, 2.45) is 5.92 Å². The molecule has 1 aliphatic rings. The molecule has 1 aliphatic carbocycles. The van der Waals surface area contributed by atoms with E-state index in [9.17, 15) is 18.0 Å². The van der Waals surface area contributed by atoms with E-state index in [1.165, 1.54) is 35.4 Å². The summed E-state index contributed by atoms with van der Waals surface area (Å²) in [5.41, 5.74) is 0. The van der Waals surface area contributed by atoms with Crippen molar-refractivity contribution in [2.45, 2.75) is 63.1 Å². The molecule has 1 aromatic carbocycles. The summed E-state index contributed by atoms with van der Waals surface area (Å²) < 4.78 is 33.0. The molecule has 2 aromatic rings. The molecule has 1 heterocycles. The highest BCUT2D eigenvalue weighted by atomic mass is 35.5. The summed E-state index contributed by atoms with van der Waals surface area (Å²) in [5.74, 6) is -0.456. The van der Waals surface area contributed by atoms with Gasteiger partial charge in [0.15, 0.2) is 0 Å². The number of benzene rings is 1. The molecule has 0 saturated heterocycles. The van der Waals surface area contributed by atoms with Crippen LogP contribution in [0.4, 0.5) is 0 Å². The molecule has 1 aromatic heterocycles. The molecule has 10 heteroatoms. The van der Waals surface area contributed by atoms with Crippen molar-refractivity contribution in [1.29, 1.82) is 0 Å². The van der Waals surface area contributed by atoms with Crippen molar-refractivity contribution < 1.29 is 22.4 Å². The quantitative estimate of drug-likeness (QED) is 0.525. The Bertz CT molecular complexity index is 1030. The number of sulfonamides is 1. The Morgan fingerprint density at radius 3 is 2.39 bits per heavy atom. The van der Waals surface area contributed by atoms with Crippen LogP contribution in [0.5, 0.6) is 0 Å². The molecule has 0 bridgehead atoms. The number of rotatable bonds is 10. The van der Waals surface area contributed by atoms with Gasteiger partial charge in [-0.25, -0.2) is 13.1 Å². The average Bonchev–Trinajstić information content (AvgIpc) is 3.46. The SMILES string of the molecule is CC(C)[C@H](C(=O)NC1CCCC1)N(Cc1ccco1)C(=O)CNS(=O)(=O)c1ccc(Cl)cc1. The molecule has 1 fully saturated rings. The molecular formula is C23H30ClN3O5S. The Kier molecular flexibility index (Phi) is 8.56. The van der Waals surface area contributed by atoms with Crippen LogP contribution in [-0.2, 0) is 26.2 Å². The van der Waals surface area contributed by atoms with Crippen LogP contribution in [0.1, 0.15) is 45.3 Å². The maximum absolute atomic E-state index is 13.2. The van der Waals surface area contributed by atoms with Crippen molar-refractivity contribution in [3.05, 3.63) is 53.4 Å². The predicted molar refractivity (Wildman–Crippen MR) is 125 cm³/mol. The number of hydrogen-bond acceptors (Lipinski definition) is 5. The van der Waals surface area contributed by atoms with Gasteiger partial charge in [0.2, 0.25) is 21.8 Å². The maximum atomic E-state index is 13.2. The molecule has 0 spiro atoms. The smallest absolute Gasteiger partial charge is 0.243 e. The van der Waals surface area contributed by atoms with Gasteiger partial charge in [0.1, 0.15) is 11.8 Å². The Morgan fingerprint density at radius 1 is 1.15 bits per heavy atom. The minimum atomic E-state index is -3.93. The summed E-state index contributed by atoms with van der Waals surface area (Å²) in [6.45, 7) is 3.28. The second kappa shape index (κ2) is 11.2. The van der Waals surface area contributed by atoms with Gasteiger partial charge in [0, 0.05) is 11.1 Å². The van der Waals surface area contributed by atoms with Gasteiger partial charge in [-0.05, 0) is 55.2 Å². The van der Waals surface area contributed by atoms with Crippen LogP contribution in [0.25, 0.3) is 0 Å². The third-order valence-corrected chi connectivity index (χ3v) is 7.37. The number of carbonyl (C=O) groups is 2. The summed E-state index contributed by atoms with van der Waals surface area (Å²) in [6.07, 6.45) is 5.47. The lowest BCUT2D eigenvalue weighted by Crippen LogP contribution is -2.55. The zero-order chi connectivity index (χ0) is 24.0. The van der Waals surface area contributed by atoms with Crippen molar-refractivity contribution in [3.63, 3.8) is 0 Å². The molecule has 33 heavy (non-hydrogen) atoms. The van der Waals surface area contributed by atoms with Gasteiger partial charge in [-0.2, -0.15) is 0 Å². The highest BCUT2D eigenvalue weighted by Gasteiger charge is 2.35. The largest absolute Gasteiger partial charge is 0.467 e. The molecular weight excluding hydrogens is 466 g/mol. The lowest BCUT2D eigenvalue weighted by molar-refractivity contribution is -0.142. The van der Waals surface area contributed by atoms with Crippen LogP contribution in [0.15, 0.2) is 52.0 Å². The molecule has 3 rings (SSSR count). The predicted octanol–water partition coefficient (Wildman–Crippen LogP) is 3.32. The first-order chi connectivity index (χ1) is 15.7. The number of halogens is 1. The fourth-order valence-electron chi connectivity index (χ4n) is 4.03. The molecule has 0 unspecified atom stereocenters. The molecule has 2 N–H and O–H groups in total. The van der Waals surface area contributed by atoms with Crippen LogP contribution in [0.3, 0.4) is 0 Å². The highest BCUT2D eigenvalue weighted by Crippen LogP contribution is 2.21. The third-order valence-electron chi connectivity index (χ3n) is 5.70. The molecule has 0 radical (unpaired) electrons. The van der Waals surface area contributed by atoms with E-state index >= 15 is 0 Å². The van der Waals surface area contributed by atoms with Crippen molar-refractivity contribution in [3.8, 4) is 0 Å². The van der Waals surface area contributed by atoms with Gasteiger partial charge in [-0.15, -0.1) is 0 Å². The minimum Gasteiger partial charge on any atom is -0.467 e. The molecule has 180 valence electrons. The molecule has 2 amide bonds. The zero-order valence-electron chi connectivity index (χ0n) is 18.8. The monoisotopic (exact) mass is 495 g/mol. The average molecular weight is 496 g/mol. The summed E-state index contributed by atoms with van der Waals surface area (Å²) >= 11 is 5.83. The summed E-state index contributed by atoms with van der Waals surface area (Å²) in [4.78, 5) is 27.8. The standard InChI is InChI=1S/C23H30ClN3O5S/c1-16(2)22(23(29)26-18-6-3-4-7-18)27(15-19-8-5-13-32-19)21(28)14-25-33(30,31)20-11-9-17(24)10-12-20/h5,8-13,16,18,22,25H,3-4,6-7,14-15H2,1-2H3,(H,26,29)/t22-/m1/s1. The zero-order valence-corrected chi connectivity index (χ0v) is 20.4. The van der Waals surface area contributed by atoms with E-state index in [-0.39, 0.29) is 29.3 Å². The maximum Gasteiger partial charge on any atom is 0.243 e. The van der Waals surface area contributed by atoms with Crippen LogP contribution >= 0.6 is 11.6 Å². The number of amides is 2. The summed E-state index contributed by atoms with van der Waals surface area (Å²) in [5, 5.41) is 3.47. The third kappa shape index (κ3) is 6.82. The van der Waals surface area contributed by atoms with Crippen LogP contribution in [0.2, 0.25) is 5.02 Å². The first-order valence-electron chi connectivity index (χ1n) is 11.0. The molecule has 8 nitrogen and oxygen atoms in total. The number of nitrogens with zero attached hydrogens (tertiary/aromatic N) is 1. The Morgan fingerprint density at radius 2 is 1.82 bits per heavy atom. The lowest BCUT2D eigenvalue weighted by atomic mass is 10.00. The van der Waals surface area contributed by atoms with Crippen LogP contribution < -0.4 is 10.0 Å². The summed E-state index contributed by atoms with van der Waals surface area (Å²) in [7, 11) is -3.93. The number of furan rings is 1. The van der Waals surface area contributed by atoms with E-state index in [0.29, 0.717) is 10.8 Å². The van der Waals surface area contributed by atoms with E-state index in [1.54, 1.807) is 12.1 Å². The number of hydrogen-bond donors (Lipinski definition) is 2. The van der Waals surface area contributed by atoms with Gasteiger partial charge >= 0.3 is 0 Å². The van der Waals surface area contributed by atoms with E-state index in [1.807, 2.05) is 13.8 Å². The molecule has 0 aliphatic heterocycles. The van der Waals surface area contributed by atoms with Crippen LogP contribution in [-0.4, -0.2) is 43.8 Å². The number of carbonyl (C=O) groups excluding carboxylic acids is 2. The fourth-order valence-corrected chi connectivity index (χ4v) is 5.13. The number of nitrogens with one attached hydrogen (secondary N) is 2. The minimum absolute atomic E-state index is 0.00308. The molecule has 1 saturated carbocycles. The van der Waals surface area contributed by atoms with Gasteiger partial charge in [0.25, 0.3) is 0 Å². The van der Waals surface area contributed by atoms with Crippen molar-refractivity contribution in [1.82, 2.24) is 14.9 Å². The Hall–Kier alpha value is -2.36. The first-order valence-corrected chi connectivity index (χ1v) is 12.9. The van der Waals surface area contributed by atoms with Gasteiger partial charge < -0.3 is 14.6 Å². The summed E-state index contributed by atoms with van der Waals surface area (Å²) in [6, 6.07) is 8.39. The van der Waals surface area contributed by atoms with Gasteiger partial charge in [-0.3, -0.25) is 9.59 Å². The van der Waals surface area contributed by atoms with Crippen molar-refractivity contribution >= 4 is 33.4 Å². The topological polar surface area (TPSA) is 109 Å². The normalized spacial score (nSPS) is 15.5. The van der Waals surface area contributed by atoms with Crippen LogP contribution in [0, 0.1) is 5.92 Å². The highest BCUT2D eigenvalue weighted by molar-refractivity contribution is 7.89. The van der Waals surface area contributed by atoms with E-state index in [0.717, 1.165) is 25.7 Å². The van der Waals surface area contributed by atoms with Gasteiger partial charge in [-0.1, -0.05) is 38.3 Å². The Balaban J connectivity index is 1.78. The first kappa shape index (κ1) is 25.3. The lowest BCUT2D eigenvalue weighted by Gasteiger charge is -2.34. The van der Waals surface area contributed by atoms with Crippen molar-refractivity contribution in [2.75, 3.05) is 6.54 Å². The van der Waals surface area contributed by atoms with E-state index < -0.39 is 28.5 Å². The van der Waals surface area contributed by atoms with E-state index in [2.05, 4.69) is 10.0 Å². The van der Waals surface area contributed by atoms with Gasteiger partial charge in [0.05, 0.1) is 24.2 Å². The second-order valence-corrected chi connectivity index (χ2v) is 10.8.